The SMILES string of the molecule is CCCCc1cc(C)c(O)c(-c2c(C)c(P)c(C)c(-c3cc(CCCC)cc(C)c3O)c2C)c1. The minimum absolute atomic E-state index is 0.350. The van der Waals surface area contributed by atoms with E-state index in [-0.39, 0.29) is 0 Å². The molecule has 0 amide bonds. The van der Waals surface area contributed by atoms with Gasteiger partial charge in [0, 0.05) is 11.1 Å². The smallest absolute Gasteiger partial charge is 0.126 e. The third kappa shape index (κ3) is 5.03. The van der Waals surface area contributed by atoms with Gasteiger partial charge in [-0.05, 0) is 128 Å². The van der Waals surface area contributed by atoms with Gasteiger partial charge in [0.25, 0.3) is 0 Å². The molecule has 0 aromatic heterocycles. The van der Waals surface area contributed by atoms with Gasteiger partial charge in [0.15, 0.2) is 0 Å². The van der Waals surface area contributed by atoms with Crippen LogP contribution in [0.3, 0.4) is 0 Å². The summed E-state index contributed by atoms with van der Waals surface area (Å²) in [4.78, 5) is 0. The molecule has 0 aliphatic carbocycles. The zero-order valence-electron chi connectivity index (χ0n) is 22.0. The third-order valence-corrected chi connectivity index (χ3v) is 8.07. The van der Waals surface area contributed by atoms with Crippen LogP contribution in [-0.4, -0.2) is 10.2 Å². The Balaban J connectivity index is 2.33. The maximum Gasteiger partial charge on any atom is 0.126 e. The van der Waals surface area contributed by atoms with Crippen molar-refractivity contribution in [2.24, 2.45) is 0 Å². The molecule has 0 heterocycles. The molecular weight excluding hydrogens is 435 g/mol. The maximum absolute atomic E-state index is 11.2. The van der Waals surface area contributed by atoms with E-state index in [1.165, 1.54) is 11.1 Å². The molecule has 0 aliphatic rings. The van der Waals surface area contributed by atoms with Crippen LogP contribution in [0.15, 0.2) is 24.3 Å². The van der Waals surface area contributed by atoms with Crippen molar-refractivity contribution in [3.05, 3.63) is 63.2 Å². The Morgan fingerprint density at radius 1 is 0.618 bits per heavy atom. The first-order chi connectivity index (χ1) is 16.1. The number of unbranched alkanes of at least 4 members (excludes halogenated alkanes) is 2. The normalized spacial score (nSPS) is 11.3. The Bertz CT molecular complexity index is 1120. The monoisotopic (exact) mass is 476 g/mol. The first kappa shape index (κ1) is 26.3. The topological polar surface area (TPSA) is 40.5 Å². The summed E-state index contributed by atoms with van der Waals surface area (Å²) in [5.74, 6) is 0.700. The Hall–Kier alpha value is -2.31. The molecule has 1 atom stereocenters. The summed E-state index contributed by atoms with van der Waals surface area (Å²) in [6, 6.07) is 8.56. The van der Waals surface area contributed by atoms with Crippen molar-refractivity contribution in [1.82, 2.24) is 0 Å². The first-order valence-corrected chi connectivity index (χ1v) is 13.2. The molecule has 34 heavy (non-hydrogen) atoms. The molecule has 0 saturated heterocycles. The number of rotatable bonds is 8. The molecule has 3 aromatic rings. The summed E-state index contributed by atoms with van der Waals surface area (Å²) in [6.45, 7) is 14.8. The summed E-state index contributed by atoms with van der Waals surface area (Å²) in [7, 11) is 2.91. The van der Waals surface area contributed by atoms with Gasteiger partial charge < -0.3 is 10.2 Å². The van der Waals surface area contributed by atoms with Crippen LogP contribution in [-0.2, 0) is 12.8 Å². The second-order valence-electron chi connectivity index (χ2n) is 9.86. The van der Waals surface area contributed by atoms with E-state index in [2.05, 4.69) is 68.1 Å². The van der Waals surface area contributed by atoms with Crippen LogP contribution in [0, 0.1) is 34.6 Å². The van der Waals surface area contributed by atoms with Crippen molar-refractivity contribution in [3.8, 4) is 33.8 Å². The largest absolute Gasteiger partial charge is 0.507 e. The molecule has 2 nitrogen and oxygen atoms in total. The van der Waals surface area contributed by atoms with Crippen molar-refractivity contribution >= 4 is 14.5 Å². The molecule has 3 heteroatoms. The lowest BCUT2D eigenvalue weighted by Crippen LogP contribution is -2.10. The van der Waals surface area contributed by atoms with Gasteiger partial charge in [-0.1, -0.05) is 38.8 Å². The van der Waals surface area contributed by atoms with Crippen molar-refractivity contribution in [3.63, 3.8) is 0 Å². The van der Waals surface area contributed by atoms with Crippen LogP contribution in [0.2, 0.25) is 0 Å². The van der Waals surface area contributed by atoms with Gasteiger partial charge in [0.05, 0.1) is 0 Å². The quantitative estimate of drug-likeness (QED) is 0.322. The predicted octanol–water partition coefficient (Wildman–Crippen LogP) is 8.16. The van der Waals surface area contributed by atoms with E-state index >= 15 is 0 Å². The number of aryl methyl sites for hydroxylation is 4. The zero-order valence-corrected chi connectivity index (χ0v) is 23.2. The molecule has 3 rings (SSSR count). The van der Waals surface area contributed by atoms with Gasteiger partial charge in [-0.15, -0.1) is 9.24 Å². The molecule has 0 spiro atoms. The van der Waals surface area contributed by atoms with Crippen LogP contribution < -0.4 is 5.30 Å². The molecular formula is C31H41O2P. The van der Waals surface area contributed by atoms with Gasteiger partial charge in [-0.2, -0.15) is 0 Å². The Morgan fingerprint density at radius 2 is 1.00 bits per heavy atom. The van der Waals surface area contributed by atoms with E-state index in [4.69, 9.17) is 0 Å². The second-order valence-corrected chi connectivity index (χ2v) is 10.4. The lowest BCUT2D eigenvalue weighted by Gasteiger charge is -2.24. The van der Waals surface area contributed by atoms with Gasteiger partial charge >= 0.3 is 0 Å². The lowest BCUT2D eigenvalue weighted by atomic mass is 9.83. The fraction of sp³-hybridized carbons (Fsp3) is 0.419. The fourth-order valence-corrected chi connectivity index (χ4v) is 5.47. The Labute approximate surface area is 208 Å². The van der Waals surface area contributed by atoms with E-state index in [0.29, 0.717) is 11.5 Å². The molecule has 1 unspecified atom stereocenters. The summed E-state index contributed by atoms with van der Waals surface area (Å²) in [6.07, 6.45) is 6.57. The van der Waals surface area contributed by atoms with Crippen LogP contribution in [0.25, 0.3) is 22.3 Å². The second kappa shape index (κ2) is 11.0. The highest BCUT2D eigenvalue weighted by molar-refractivity contribution is 7.27. The predicted molar refractivity (Wildman–Crippen MR) is 151 cm³/mol. The number of hydrogen-bond donors (Lipinski definition) is 2. The minimum atomic E-state index is 0.350. The average molecular weight is 477 g/mol. The molecule has 0 fully saturated rings. The van der Waals surface area contributed by atoms with Crippen molar-refractivity contribution in [2.45, 2.75) is 87.0 Å². The van der Waals surface area contributed by atoms with Gasteiger partial charge in [0.1, 0.15) is 11.5 Å². The number of aromatic hydroxyl groups is 2. The van der Waals surface area contributed by atoms with Crippen LogP contribution >= 0.6 is 9.24 Å². The standard InChI is InChI=1S/C31H41O2P/c1-8-10-12-23-14-18(3)29(32)25(16-23)27-20(5)28(22(7)31(34)21(27)6)26-17-24(13-11-9-2)15-19(4)30(26)33/h14-17,32-33H,8-13,34H2,1-7H3. The van der Waals surface area contributed by atoms with Gasteiger partial charge in [-0.25, -0.2) is 0 Å². The van der Waals surface area contributed by atoms with Crippen LogP contribution in [0.5, 0.6) is 11.5 Å². The van der Waals surface area contributed by atoms with Crippen molar-refractivity contribution < 1.29 is 10.2 Å². The number of benzene rings is 3. The Kier molecular flexibility index (Phi) is 8.47. The highest BCUT2D eigenvalue weighted by Gasteiger charge is 2.23. The van der Waals surface area contributed by atoms with E-state index < -0.39 is 0 Å². The first-order valence-electron chi connectivity index (χ1n) is 12.7. The Morgan fingerprint density at radius 3 is 1.35 bits per heavy atom. The van der Waals surface area contributed by atoms with Crippen LogP contribution in [0.4, 0.5) is 0 Å². The molecule has 0 aliphatic heterocycles. The molecule has 2 N–H and O–H groups in total. The molecule has 0 saturated carbocycles. The summed E-state index contributed by atoms with van der Waals surface area (Å²) in [5, 5.41) is 23.4. The molecule has 3 aromatic carbocycles. The van der Waals surface area contributed by atoms with Crippen LogP contribution in [0.1, 0.15) is 78.5 Å². The molecule has 182 valence electrons. The van der Waals surface area contributed by atoms with Gasteiger partial charge in [-0.3, -0.25) is 0 Å². The maximum atomic E-state index is 11.2. The highest BCUT2D eigenvalue weighted by Crippen LogP contribution is 2.44. The number of hydrogen-bond acceptors (Lipinski definition) is 2. The van der Waals surface area contributed by atoms with E-state index in [1.807, 2.05) is 13.8 Å². The number of phenolic OH excluding ortho intramolecular Hbond substituents is 2. The average Bonchev–Trinajstić information content (AvgIpc) is 2.80. The summed E-state index contributed by atoms with van der Waals surface area (Å²) >= 11 is 0. The van der Waals surface area contributed by atoms with Crippen molar-refractivity contribution in [1.29, 1.82) is 0 Å². The molecule has 0 bridgehead atoms. The summed E-state index contributed by atoms with van der Waals surface area (Å²) in [5.41, 5.74) is 11.7. The highest BCUT2D eigenvalue weighted by atomic mass is 31.0. The number of phenols is 2. The minimum Gasteiger partial charge on any atom is -0.507 e. The third-order valence-electron chi connectivity index (χ3n) is 7.21. The fourth-order valence-electron chi connectivity index (χ4n) is 5.19. The van der Waals surface area contributed by atoms with E-state index in [0.717, 1.165) is 93.9 Å². The van der Waals surface area contributed by atoms with E-state index in [9.17, 15) is 10.2 Å². The van der Waals surface area contributed by atoms with Crippen molar-refractivity contribution in [2.75, 3.05) is 0 Å². The summed E-state index contributed by atoms with van der Waals surface area (Å²) < 4.78 is 0. The lowest BCUT2D eigenvalue weighted by molar-refractivity contribution is 0.472. The van der Waals surface area contributed by atoms with E-state index in [1.54, 1.807) is 0 Å². The molecule has 0 radical (unpaired) electrons. The zero-order chi connectivity index (χ0) is 25.2. The van der Waals surface area contributed by atoms with Gasteiger partial charge in [0.2, 0.25) is 0 Å².